The van der Waals surface area contributed by atoms with E-state index in [0.717, 1.165) is 6.92 Å². The molecule has 11 heteroatoms. The lowest BCUT2D eigenvalue weighted by atomic mass is 9.48. The lowest BCUT2D eigenvalue weighted by Crippen LogP contribution is -2.70. The quantitative estimate of drug-likeness (QED) is 0.238. The predicted octanol–water partition coefficient (Wildman–Crippen LogP) is 2.50. The molecule has 2 saturated carbocycles. The van der Waals surface area contributed by atoms with Crippen molar-refractivity contribution in [3.8, 4) is 0 Å². The molecular formula is C32H42O11. The summed E-state index contributed by atoms with van der Waals surface area (Å²) in [6.07, 6.45) is -4.80. The summed E-state index contributed by atoms with van der Waals surface area (Å²) >= 11 is 0. The molecule has 0 heterocycles. The second-order valence-corrected chi connectivity index (χ2v) is 12.7. The molecule has 236 valence electrons. The van der Waals surface area contributed by atoms with Crippen molar-refractivity contribution in [2.24, 2.45) is 22.7 Å². The first kappa shape index (κ1) is 32.8. The van der Waals surface area contributed by atoms with E-state index in [1.165, 1.54) is 13.8 Å². The van der Waals surface area contributed by atoms with E-state index in [0.29, 0.717) is 0 Å². The first-order valence-corrected chi connectivity index (χ1v) is 14.6. The van der Waals surface area contributed by atoms with Gasteiger partial charge in [-0.3, -0.25) is 14.4 Å². The third-order valence-electron chi connectivity index (χ3n) is 9.78. The molecule has 0 spiro atoms. The van der Waals surface area contributed by atoms with Crippen LogP contribution in [0.4, 0.5) is 0 Å². The SMILES string of the molecule is CC(=O)OCCO[C@@H]1C[C@H](O)[C@@]2(C)C(=O)/C(OC(C)=O)=C3/C(C)[C@@H](O)C[C@@](O)([C@@H](OC(=O)c4ccccc4)[C@@H]2C1)C3(C)C. The third-order valence-corrected chi connectivity index (χ3v) is 9.78. The van der Waals surface area contributed by atoms with E-state index < -0.39 is 76.4 Å². The average Bonchev–Trinajstić information content (AvgIpc) is 2.93. The van der Waals surface area contributed by atoms with Gasteiger partial charge in [0.2, 0.25) is 5.78 Å². The monoisotopic (exact) mass is 602 g/mol. The van der Waals surface area contributed by atoms with E-state index in [2.05, 4.69) is 0 Å². The van der Waals surface area contributed by atoms with Gasteiger partial charge >= 0.3 is 17.9 Å². The van der Waals surface area contributed by atoms with Crippen LogP contribution in [0.5, 0.6) is 0 Å². The molecule has 0 aliphatic heterocycles. The van der Waals surface area contributed by atoms with E-state index in [-0.39, 0.29) is 49.4 Å². The van der Waals surface area contributed by atoms with Crippen LogP contribution < -0.4 is 0 Å². The van der Waals surface area contributed by atoms with Crippen molar-refractivity contribution >= 4 is 23.7 Å². The Morgan fingerprint density at radius 3 is 2.23 bits per heavy atom. The van der Waals surface area contributed by atoms with Crippen LogP contribution >= 0.6 is 0 Å². The summed E-state index contributed by atoms with van der Waals surface area (Å²) < 4.78 is 22.6. The average molecular weight is 603 g/mol. The molecule has 3 aliphatic carbocycles. The topological polar surface area (TPSA) is 166 Å². The van der Waals surface area contributed by atoms with Gasteiger partial charge in [0.05, 0.1) is 35.9 Å². The number of esters is 3. The van der Waals surface area contributed by atoms with Gasteiger partial charge in [0.25, 0.3) is 0 Å². The number of ether oxygens (including phenoxy) is 4. The number of ketones is 1. The molecule has 0 radical (unpaired) electrons. The summed E-state index contributed by atoms with van der Waals surface area (Å²) in [4.78, 5) is 51.7. The summed E-state index contributed by atoms with van der Waals surface area (Å²) in [6, 6.07) is 8.18. The minimum Gasteiger partial charge on any atom is -0.463 e. The highest BCUT2D eigenvalue weighted by molar-refractivity contribution is 6.01. The number of benzene rings is 1. The number of hydrogen-bond acceptors (Lipinski definition) is 11. The maximum absolute atomic E-state index is 14.6. The summed E-state index contributed by atoms with van der Waals surface area (Å²) in [5, 5.41) is 35.6. The van der Waals surface area contributed by atoms with Crippen LogP contribution in [-0.4, -0.2) is 82.2 Å². The standard InChI is InChI=1S/C32H42O11/c1-17-23(35)16-32(39)28(43-29(38)20-10-8-7-9-11-20)22-14-21(41-13-12-40-18(2)33)15-24(36)31(22,6)27(37)26(42-19(3)34)25(17)30(32,4)5/h7-11,17,21-24,28,35-36,39H,12-16H2,1-6H3/b26-25+/t17?,21-,22-,23-,24-,28-,31-,32+/m0/s1. The summed E-state index contributed by atoms with van der Waals surface area (Å²) in [5.74, 6) is -4.78. The van der Waals surface area contributed by atoms with Crippen molar-refractivity contribution in [2.45, 2.75) is 90.8 Å². The molecule has 4 rings (SSSR count). The highest BCUT2D eigenvalue weighted by atomic mass is 16.6. The van der Waals surface area contributed by atoms with Crippen molar-refractivity contribution < 1.29 is 53.4 Å². The molecule has 3 N–H and O–H groups in total. The van der Waals surface area contributed by atoms with Gasteiger partial charge in [0.1, 0.15) is 18.3 Å². The zero-order valence-electron chi connectivity index (χ0n) is 25.5. The van der Waals surface area contributed by atoms with E-state index >= 15 is 0 Å². The van der Waals surface area contributed by atoms with Crippen molar-refractivity contribution in [1.29, 1.82) is 0 Å². The molecule has 3 aliphatic rings. The maximum Gasteiger partial charge on any atom is 0.338 e. The smallest absolute Gasteiger partial charge is 0.338 e. The molecule has 0 saturated heterocycles. The van der Waals surface area contributed by atoms with E-state index in [4.69, 9.17) is 18.9 Å². The minimum absolute atomic E-state index is 0.000841. The number of rotatable bonds is 7. The molecule has 0 aromatic heterocycles. The van der Waals surface area contributed by atoms with Crippen molar-refractivity contribution in [1.82, 2.24) is 0 Å². The largest absolute Gasteiger partial charge is 0.463 e. The van der Waals surface area contributed by atoms with Crippen molar-refractivity contribution in [2.75, 3.05) is 13.2 Å². The second-order valence-electron chi connectivity index (χ2n) is 12.7. The Morgan fingerprint density at radius 1 is 0.977 bits per heavy atom. The first-order chi connectivity index (χ1) is 20.1. The number of aliphatic hydroxyl groups is 3. The Bertz CT molecular complexity index is 1290. The number of carbonyl (C=O) groups excluding carboxylic acids is 4. The molecule has 8 atom stereocenters. The molecule has 1 aromatic rings. The van der Waals surface area contributed by atoms with Crippen LogP contribution in [0.25, 0.3) is 0 Å². The van der Waals surface area contributed by atoms with Gasteiger partial charge in [0.15, 0.2) is 5.76 Å². The molecule has 43 heavy (non-hydrogen) atoms. The van der Waals surface area contributed by atoms with Crippen LogP contribution in [0.1, 0.15) is 71.2 Å². The number of fused-ring (bicyclic) bond motifs is 3. The maximum atomic E-state index is 14.6. The fourth-order valence-electron chi connectivity index (χ4n) is 7.25. The van der Waals surface area contributed by atoms with E-state index in [1.807, 2.05) is 0 Å². The van der Waals surface area contributed by atoms with Gasteiger partial charge in [-0.25, -0.2) is 4.79 Å². The molecule has 1 unspecified atom stereocenters. The van der Waals surface area contributed by atoms with Crippen molar-refractivity contribution in [3.63, 3.8) is 0 Å². The lowest BCUT2D eigenvalue weighted by molar-refractivity contribution is -0.230. The Labute approximate surface area is 251 Å². The first-order valence-electron chi connectivity index (χ1n) is 14.6. The Balaban J connectivity index is 1.91. The van der Waals surface area contributed by atoms with Crippen LogP contribution in [-0.2, 0) is 33.3 Å². The van der Waals surface area contributed by atoms with E-state index in [1.54, 1.807) is 51.1 Å². The van der Waals surface area contributed by atoms with Crippen molar-refractivity contribution in [3.05, 3.63) is 47.2 Å². The highest BCUT2D eigenvalue weighted by Crippen LogP contribution is 2.60. The van der Waals surface area contributed by atoms with Gasteiger partial charge < -0.3 is 34.3 Å². The van der Waals surface area contributed by atoms with Crippen LogP contribution in [0.2, 0.25) is 0 Å². The second kappa shape index (κ2) is 12.1. The Kier molecular flexibility index (Phi) is 9.23. The molecule has 1 aromatic carbocycles. The molecular weight excluding hydrogens is 560 g/mol. The lowest BCUT2D eigenvalue weighted by Gasteiger charge is -2.61. The minimum atomic E-state index is -1.98. The van der Waals surface area contributed by atoms with Gasteiger partial charge in [-0.15, -0.1) is 0 Å². The fourth-order valence-corrected chi connectivity index (χ4v) is 7.25. The zero-order chi connectivity index (χ0) is 31.9. The molecule has 11 nitrogen and oxygen atoms in total. The molecule has 2 bridgehead atoms. The third kappa shape index (κ3) is 5.75. The number of aliphatic hydroxyl groups excluding tert-OH is 2. The number of Topliss-reactive ketones (excluding diaryl/α,β-unsaturated/α-hetero) is 1. The summed E-state index contributed by atoms with van der Waals surface area (Å²) in [5.41, 5.74) is -4.59. The zero-order valence-corrected chi connectivity index (χ0v) is 25.5. The van der Waals surface area contributed by atoms with E-state index in [9.17, 15) is 34.5 Å². The molecule has 2 fully saturated rings. The van der Waals surface area contributed by atoms with Gasteiger partial charge in [-0.1, -0.05) is 39.0 Å². The summed E-state index contributed by atoms with van der Waals surface area (Å²) in [6.45, 7) is 8.93. The van der Waals surface area contributed by atoms with Crippen LogP contribution in [0.15, 0.2) is 41.7 Å². The van der Waals surface area contributed by atoms with Gasteiger partial charge in [-0.05, 0) is 31.1 Å². The normalized spacial score (nSPS) is 36.9. The number of carbonyl (C=O) groups is 4. The Morgan fingerprint density at radius 2 is 1.63 bits per heavy atom. The number of hydrogen-bond donors (Lipinski definition) is 3. The van der Waals surface area contributed by atoms with Gasteiger partial charge in [-0.2, -0.15) is 0 Å². The van der Waals surface area contributed by atoms with Crippen LogP contribution in [0.3, 0.4) is 0 Å². The predicted molar refractivity (Wildman–Crippen MR) is 151 cm³/mol. The highest BCUT2D eigenvalue weighted by Gasteiger charge is 2.69. The Hall–Kier alpha value is -3.12. The molecule has 0 amide bonds. The number of allylic oxidation sites excluding steroid dienone is 1. The summed E-state index contributed by atoms with van der Waals surface area (Å²) in [7, 11) is 0. The van der Waals surface area contributed by atoms with Crippen LogP contribution in [0, 0.1) is 22.7 Å². The van der Waals surface area contributed by atoms with Gasteiger partial charge in [0, 0.05) is 43.9 Å². The fraction of sp³-hybridized carbons (Fsp3) is 0.625.